The number of carbonyl (C=O) groups excluding carboxylic acids is 1. The van der Waals surface area contributed by atoms with Gasteiger partial charge in [-0.1, -0.05) is 33.2 Å². The summed E-state index contributed by atoms with van der Waals surface area (Å²) in [6.45, 7) is -0.100. The van der Waals surface area contributed by atoms with E-state index in [0.717, 1.165) is 4.47 Å². The van der Waals surface area contributed by atoms with E-state index in [2.05, 4.69) is 26.1 Å². The predicted octanol–water partition coefficient (Wildman–Crippen LogP) is 3.86. The number of methoxy groups -OCH3 is 1. The molecule has 0 spiro atoms. The number of esters is 1. The summed E-state index contributed by atoms with van der Waals surface area (Å²) in [6.07, 6.45) is 0. The van der Waals surface area contributed by atoms with Crippen LogP contribution in [-0.4, -0.2) is 23.2 Å². The van der Waals surface area contributed by atoms with Crippen molar-refractivity contribution in [2.75, 3.05) is 7.11 Å². The number of hydrogen-bond donors (Lipinski definition) is 0. The summed E-state index contributed by atoms with van der Waals surface area (Å²) in [5, 5.41) is 3.89. The molecule has 122 valence electrons. The summed E-state index contributed by atoms with van der Waals surface area (Å²) in [4.78, 5) is 16.2. The van der Waals surface area contributed by atoms with Gasteiger partial charge in [-0.3, -0.25) is 0 Å². The number of rotatable bonds is 5. The first-order valence-corrected chi connectivity index (χ1v) is 7.85. The Kier molecular flexibility index (Phi) is 4.90. The van der Waals surface area contributed by atoms with Crippen molar-refractivity contribution in [1.82, 2.24) is 10.1 Å². The van der Waals surface area contributed by atoms with Crippen molar-refractivity contribution in [3.63, 3.8) is 0 Å². The first-order chi connectivity index (χ1) is 11.7. The number of nitrogens with zero attached hydrogens (tertiary/aromatic N) is 2. The van der Waals surface area contributed by atoms with Crippen molar-refractivity contribution in [3.8, 4) is 17.1 Å². The van der Waals surface area contributed by atoms with Gasteiger partial charge >= 0.3 is 5.97 Å². The van der Waals surface area contributed by atoms with E-state index in [1.54, 1.807) is 37.4 Å². The van der Waals surface area contributed by atoms with E-state index in [4.69, 9.17) is 14.0 Å². The molecule has 6 nitrogen and oxygen atoms in total. The molecule has 0 bridgehead atoms. The number of aromatic nitrogens is 2. The van der Waals surface area contributed by atoms with Crippen LogP contribution in [-0.2, 0) is 11.3 Å². The molecule has 0 N–H and O–H groups in total. The summed E-state index contributed by atoms with van der Waals surface area (Å²) in [5.74, 6) is 0.764. The Hall–Kier alpha value is -2.67. The van der Waals surface area contributed by atoms with Crippen LogP contribution in [0.25, 0.3) is 11.4 Å². The van der Waals surface area contributed by atoms with Crippen molar-refractivity contribution in [1.29, 1.82) is 0 Å². The van der Waals surface area contributed by atoms with Gasteiger partial charge in [0, 0.05) is 4.47 Å². The quantitative estimate of drug-likeness (QED) is 0.617. The fourth-order valence-corrected chi connectivity index (χ4v) is 2.31. The SMILES string of the molecule is COc1ccccc1-c1noc(COC(=O)c2ccc(Br)cc2)n1. The largest absolute Gasteiger partial charge is 0.496 e. The zero-order chi connectivity index (χ0) is 16.9. The molecule has 0 amide bonds. The molecule has 0 saturated carbocycles. The van der Waals surface area contributed by atoms with E-state index in [1.165, 1.54) is 0 Å². The average molecular weight is 389 g/mol. The maximum atomic E-state index is 12.0. The van der Waals surface area contributed by atoms with E-state index in [1.807, 2.05) is 18.2 Å². The predicted molar refractivity (Wildman–Crippen MR) is 89.5 cm³/mol. The average Bonchev–Trinajstić information content (AvgIpc) is 3.09. The minimum Gasteiger partial charge on any atom is -0.496 e. The third-order valence-corrected chi connectivity index (χ3v) is 3.75. The van der Waals surface area contributed by atoms with Crippen molar-refractivity contribution in [3.05, 3.63) is 64.5 Å². The van der Waals surface area contributed by atoms with Gasteiger partial charge in [-0.05, 0) is 36.4 Å². The van der Waals surface area contributed by atoms with E-state index in [9.17, 15) is 4.79 Å². The second-order valence-corrected chi connectivity index (χ2v) is 5.71. The van der Waals surface area contributed by atoms with Crippen LogP contribution in [0.1, 0.15) is 16.2 Å². The van der Waals surface area contributed by atoms with Gasteiger partial charge in [0.1, 0.15) is 5.75 Å². The number of para-hydroxylation sites is 1. The van der Waals surface area contributed by atoms with Crippen molar-refractivity contribution < 1.29 is 18.8 Å². The van der Waals surface area contributed by atoms with Crippen LogP contribution in [0, 0.1) is 0 Å². The lowest BCUT2D eigenvalue weighted by molar-refractivity contribution is 0.0430. The summed E-state index contributed by atoms with van der Waals surface area (Å²) >= 11 is 3.31. The van der Waals surface area contributed by atoms with E-state index >= 15 is 0 Å². The molecule has 0 aliphatic carbocycles. The Labute approximate surface area is 146 Å². The normalized spacial score (nSPS) is 10.4. The molecule has 2 aromatic carbocycles. The molecule has 1 heterocycles. The number of halogens is 1. The summed E-state index contributed by atoms with van der Waals surface area (Å²) < 4.78 is 16.5. The fourth-order valence-electron chi connectivity index (χ4n) is 2.05. The van der Waals surface area contributed by atoms with Gasteiger partial charge in [-0.25, -0.2) is 4.79 Å². The first kappa shape index (κ1) is 16.2. The molecule has 3 aromatic rings. The summed E-state index contributed by atoms with van der Waals surface area (Å²) in [7, 11) is 1.57. The van der Waals surface area contributed by atoms with Gasteiger partial charge in [0.2, 0.25) is 5.82 Å². The number of hydrogen-bond acceptors (Lipinski definition) is 6. The molecule has 1 aromatic heterocycles. The fraction of sp³-hybridized carbons (Fsp3) is 0.118. The molecule has 3 rings (SSSR count). The van der Waals surface area contributed by atoms with Crippen LogP contribution < -0.4 is 4.74 Å². The third kappa shape index (κ3) is 3.62. The molecule has 24 heavy (non-hydrogen) atoms. The third-order valence-electron chi connectivity index (χ3n) is 3.22. The Bertz CT molecular complexity index is 846. The molecule has 0 fully saturated rings. The number of ether oxygens (including phenoxy) is 2. The topological polar surface area (TPSA) is 74.5 Å². The van der Waals surface area contributed by atoms with Gasteiger partial charge < -0.3 is 14.0 Å². The smallest absolute Gasteiger partial charge is 0.338 e. The monoisotopic (exact) mass is 388 g/mol. The van der Waals surface area contributed by atoms with E-state index in [0.29, 0.717) is 22.7 Å². The molecule has 0 saturated heterocycles. The lowest BCUT2D eigenvalue weighted by atomic mass is 10.2. The Morgan fingerprint density at radius 1 is 1.17 bits per heavy atom. The minimum absolute atomic E-state index is 0.100. The number of carbonyl (C=O) groups is 1. The molecular weight excluding hydrogens is 376 g/mol. The van der Waals surface area contributed by atoms with Gasteiger partial charge in [-0.15, -0.1) is 0 Å². The highest BCUT2D eigenvalue weighted by molar-refractivity contribution is 9.10. The van der Waals surface area contributed by atoms with Gasteiger partial charge in [0.25, 0.3) is 5.89 Å². The molecule has 0 unspecified atom stereocenters. The Morgan fingerprint density at radius 3 is 2.67 bits per heavy atom. The Balaban J connectivity index is 1.68. The van der Waals surface area contributed by atoms with Gasteiger partial charge in [-0.2, -0.15) is 4.98 Å². The zero-order valence-corrected chi connectivity index (χ0v) is 14.3. The highest BCUT2D eigenvalue weighted by Gasteiger charge is 2.14. The molecule has 0 atom stereocenters. The van der Waals surface area contributed by atoms with Crippen LogP contribution >= 0.6 is 15.9 Å². The van der Waals surface area contributed by atoms with Crippen molar-refractivity contribution in [2.24, 2.45) is 0 Å². The van der Waals surface area contributed by atoms with Crippen molar-refractivity contribution >= 4 is 21.9 Å². The van der Waals surface area contributed by atoms with Crippen LogP contribution in [0.3, 0.4) is 0 Å². The summed E-state index contributed by atoms with van der Waals surface area (Å²) in [5.41, 5.74) is 1.15. The van der Waals surface area contributed by atoms with Crippen LogP contribution in [0.5, 0.6) is 5.75 Å². The molecule has 0 radical (unpaired) electrons. The molecular formula is C17H13BrN2O4. The highest BCUT2D eigenvalue weighted by Crippen LogP contribution is 2.27. The standard InChI is InChI=1S/C17H13BrN2O4/c1-22-14-5-3-2-4-13(14)16-19-15(24-20-16)10-23-17(21)11-6-8-12(18)9-7-11/h2-9H,10H2,1H3. The molecule has 0 aliphatic heterocycles. The van der Waals surface area contributed by atoms with Gasteiger partial charge in [0.15, 0.2) is 6.61 Å². The second kappa shape index (κ2) is 7.27. The number of benzene rings is 2. The summed E-state index contributed by atoms with van der Waals surface area (Å²) in [6, 6.07) is 14.2. The van der Waals surface area contributed by atoms with E-state index < -0.39 is 5.97 Å². The minimum atomic E-state index is -0.459. The van der Waals surface area contributed by atoms with Crippen LogP contribution in [0.2, 0.25) is 0 Å². The lowest BCUT2D eigenvalue weighted by Gasteiger charge is -2.03. The lowest BCUT2D eigenvalue weighted by Crippen LogP contribution is -2.05. The van der Waals surface area contributed by atoms with Crippen LogP contribution in [0.15, 0.2) is 57.5 Å². The van der Waals surface area contributed by atoms with Crippen molar-refractivity contribution in [2.45, 2.75) is 6.61 Å². The Morgan fingerprint density at radius 2 is 1.92 bits per heavy atom. The first-order valence-electron chi connectivity index (χ1n) is 7.06. The molecule has 7 heteroatoms. The van der Waals surface area contributed by atoms with Crippen LogP contribution in [0.4, 0.5) is 0 Å². The zero-order valence-electron chi connectivity index (χ0n) is 12.7. The van der Waals surface area contributed by atoms with Gasteiger partial charge in [0.05, 0.1) is 18.2 Å². The molecule has 0 aliphatic rings. The van der Waals surface area contributed by atoms with E-state index in [-0.39, 0.29) is 12.5 Å². The maximum Gasteiger partial charge on any atom is 0.338 e. The second-order valence-electron chi connectivity index (χ2n) is 4.80. The highest BCUT2D eigenvalue weighted by atomic mass is 79.9. The maximum absolute atomic E-state index is 12.0.